The van der Waals surface area contributed by atoms with Crippen molar-refractivity contribution in [1.82, 2.24) is 4.90 Å². The Hall–Kier alpha value is -3.87. The number of likely N-dealkylation sites (tertiary alicyclic amines) is 1. The van der Waals surface area contributed by atoms with Gasteiger partial charge in [-0.15, -0.1) is 0 Å². The number of carboxylic acid groups (broad SMARTS) is 1. The van der Waals surface area contributed by atoms with Gasteiger partial charge in [0, 0.05) is 11.8 Å². The van der Waals surface area contributed by atoms with E-state index in [4.69, 9.17) is 9.15 Å². The lowest BCUT2D eigenvalue weighted by Gasteiger charge is -2.32. The third-order valence-corrected chi connectivity index (χ3v) is 8.13. The number of hydrogen-bond acceptors (Lipinski definition) is 5. The molecule has 0 spiro atoms. The Morgan fingerprint density at radius 3 is 2.16 bits per heavy atom. The number of aryl methyl sites for hydroxylation is 2. The summed E-state index contributed by atoms with van der Waals surface area (Å²) < 4.78 is 11.0. The summed E-state index contributed by atoms with van der Waals surface area (Å²) in [5.74, 6) is -1.64. The largest absolute Gasteiger partial charge is 0.497 e. The van der Waals surface area contributed by atoms with Gasteiger partial charge in [0.15, 0.2) is 5.78 Å². The lowest BCUT2D eigenvalue weighted by atomic mass is 9.76. The van der Waals surface area contributed by atoms with E-state index in [2.05, 4.69) is 0 Å². The van der Waals surface area contributed by atoms with Crippen molar-refractivity contribution in [2.45, 2.75) is 57.5 Å². The minimum atomic E-state index is -1.20. The number of hydrogen-bond donors (Lipinski definition) is 1. The zero-order valence-corrected chi connectivity index (χ0v) is 21.9. The zero-order chi connectivity index (χ0) is 27.0. The van der Waals surface area contributed by atoms with E-state index in [1.165, 1.54) is 4.90 Å². The molecule has 7 nitrogen and oxygen atoms in total. The molecule has 1 aliphatic heterocycles. The first-order chi connectivity index (χ1) is 18.3. The van der Waals surface area contributed by atoms with E-state index >= 15 is 0 Å². The molecule has 2 aromatic carbocycles. The lowest BCUT2D eigenvalue weighted by Crippen LogP contribution is -2.46. The van der Waals surface area contributed by atoms with Gasteiger partial charge in [0.25, 0.3) is 0 Å². The van der Waals surface area contributed by atoms with Crippen LogP contribution in [0.4, 0.5) is 0 Å². The maximum Gasteiger partial charge on any atom is 0.327 e. The molecule has 1 N–H and O–H groups in total. The average Bonchev–Trinajstić information content (AvgIpc) is 3.66. The van der Waals surface area contributed by atoms with Gasteiger partial charge in [-0.2, -0.15) is 0 Å². The second kappa shape index (κ2) is 10.5. The van der Waals surface area contributed by atoms with Gasteiger partial charge in [0.05, 0.1) is 24.6 Å². The number of aliphatic carboxylic acids is 1. The van der Waals surface area contributed by atoms with Crippen molar-refractivity contribution < 1.29 is 28.6 Å². The molecule has 4 atom stereocenters. The fraction of sp³-hybridized carbons (Fsp3) is 0.387. The van der Waals surface area contributed by atoms with E-state index in [0.29, 0.717) is 28.4 Å². The van der Waals surface area contributed by atoms with Crippen molar-refractivity contribution in [2.24, 2.45) is 11.8 Å². The van der Waals surface area contributed by atoms with Crippen LogP contribution in [0.3, 0.4) is 0 Å². The predicted octanol–water partition coefficient (Wildman–Crippen LogP) is 5.71. The molecule has 1 amide bonds. The standard InChI is InChI=1S/C31H33NO6/c1-18-17-24(19(2)38-18)29(33)26-25(20-13-15-23(37-3)16-14-20)28(31(35)36)32(30(34)22-11-7-8-12-22)27(26)21-9-5-4-6-10-21/h4-6,9-10,13-17,22,25-28H,7-8,11-12H2,1-3H3,(H,35,36). The van der Waals surface area contributed by atoms with Gasteiger partial charge < -0.3 is 19.2 Å². The molecule has 2 heterocycles. The first-order valence-corrected chi connectivity index (χ1v) is 13.2. The molecule has 1 saturated heterocycles. The van der Waals surface area contributed by atoms with Gasteiger partial charge in [0.1, 0.15) is 23.3 Å². The van der Waals surface area contributed by atoms with Gasteiger partial charge in [-0.3, -0.25) is 9.59 Å². The van der Waals surface area contributed by atoms with E-state index in [1.54, 1.807) is 51.3 Å². The van der Waals surface area contributed by atoms with Crippen LogP contribution in [0.1, 0.15) is 70.6 Å². The smallest absolute Gasteiger partial charge is 0.327 e. The number of furan rings is 1. The maximum atomic E-state index is 14.4. The Balaban J connectivity index is 1.74. The predicted molar refractivity (Wildman–Crippen MR) is 141 cm³/mol. The van der Waals surface area contributed by atoms with Crippen molar-refractivity contribution in [3.05, 3.63) is 88.9 Å². The van der Waals surface area contributed by atoms with Crippen LogP contribution >= 0.6 is 0 Å². The maximum absolute atomic E-state index is 14.4. The number of carbonyl (C=O) groups excluding carboxylic acids is 2. The monoisotopic (exact) mass is 515 g/mol. The van der Waals surface area contributed by atoms with Crippen LogP contribution < -0.4 is 4.74 Å². The summed E-state index contributed by atoms with van der Waals surface area (Å²) in [7, 11) is 1.56. The number of ether oxygens (including phenoxy) is 1. The van der Waals surface area contributed by atoms with E-state index in [9.17, 15) is 19.5 Å². The van der Waals surface area contributed by atoms with Crippen LogP contribution in [0.15, 0.2) is 65.1 Å². The number of ketones is 1. The highest BCUT2D eigenvalue weighted by Gasteiger charge is 2.58. The summed E-state index contributed by atoms with van der Waals surface area (Å²) in [6.45, 7) is 3.52. The molecular weight excluding hydrogens is 482 g/mol. The molecule has 38 heavy (non-hydrogen) atoms. The fourth-order valence-electron chi connectivity index (χ4n) is 6.44. The number of benzene rings is 2. The number of carboxylic acids is 1. The number of amides is 1. The van der Waals surface area contributed by atoms with E-state index < -0.39 is 29.9 Å². The quantitative estimate of drug-likeness (QED) is 0.405. The molecule has 1 aromatic heterocycles. The normalized spacial score (nSPS) is 23.5. The number of carbonyl (C=O) groups is 3. The topological polar surface area (TPSA) is 97.0 Å². The van der Waals surface area contributed by atoms with Crippen molar-refractivity contribution >= 4 is 17.7 Å². The summed E-state index contributed by atoms with van der Waals surface area (Å²) in [5.41, 5.74) is 1.85. The molecule has 198 valence electrons. The summed E-state index contributed by atoms with van der Waals surface area (Å²) >= 11 is 0. The van der Waals surface area contributed by atoms with Gasteiger partial charge in [-0.1, -0.05) is 55.3 Å². The van der Waals surface area contributed by atoms with Crippen molar-refractivity contribution in [3.63, 3.8) is 0 Å². The fourth-order valence-corrected chi connectivity index (χ4v) is 6.44. The minimum Gasteiger partial charge on any atom is -0.497 e. The van der Waals surface area contributed by atoms with Gasteiger partial charge >= 0.3 is 5.97 Å². The molecule has 1 saturated carbocycles. The number of methoxy groups -OCH3 is 1. The Bertz CT molecular complexity index is 1320. The third kappa shape index (κ3) is 4.51. The van der Waals surface area contributed by atoms with Crippen LogP contribution in [-0.2, 0) is 9.59 Å². The van der Waals surface area contributed by atoms with Crippen molar-refractivity contribution in [1.29, 1.82) is 0 Å². The minimum absolute atomic E-state index is 0.183. The molecule has 1 aliphatic carbocycles. The summed E-state index contributed by atoms with van der Waals surface area (Å²) in [5, 5.41) is 10.7. The van der Waals surface area contributed by atoms with Crippen LogP contribution in [0.2, 0.25) is 0 Å². The summed E-state index contributed by atoms with van der Waals surface area (Å²) in [4.78, 5) is 43.1. The lowest BCUT2D eigenvalue weighted by molar-refractivity contribution is -0.152. The van der Waals surface area contributed by atoms with Crippen LogP contribution in [0, 0.1) is 25.7 Å². The van der Waals surface area contributed by atoms with E-state index in [0.717, 1.165) is 31.2 Å². The Morgan fingerprint density at radius 2 is 1.61 bits per heavy atom. The van der Waals surface area contributed by atoms with Gasteiger partial charge in [0.2, 0.25) is 5.91 Å². The first kappa shape index (κ1) is 25.8. The number of nitrogens with zero attached hydrogens (tertiary/aromatic N) is 1. The highest BCUT2D eigenvalue weighted by atomic mass is 16.5. The molecule has 7 heteroatoms. The van der Waals surface area contributed by atoms with E-state index in [-0.39, 0.29) is 17.6 Å². The molecule has 2 aliphatic rings. The summed E-state index contributed by atoms with van der Waals surface area (Å²) in [6.07, 6.45) is 3.34. The number of rotatable bonds is 7. The second-order valence-electron chi connectivity index (χ2n) is 10.4. The molecule has 0 radical (unpaired) electrons. The van der Waals surface area contributed by atoms with Crippen LogP contribution in [0.25, 0.3) is 0 Å². The average molecular weight is 516 g/mol. The Morgan fingerprint density at radius 1 is 0.947 bits per heavy atom. The molecule has 5 rings (SSSR count). The highest BCUT2D eigenvalue weighted by molar-refractivity contribution is 6.02. The molecule has 3 aromatic rings. The first-order valence-electron chi connectivity index (χ1n) is 13.2. The van der Waals surface area contributed by atoms with Gasteiger partial charge in [-0.05, 0) is 56.0 Å². The molecule has 4 unspecified atom stereocenters. The molecule has 2 fully saturated rings. The molecule has 0 bridgehead atoms. The van der Waals surface area contributed by atoms with Crippen LogP contribution in [0.5, 0.6) is 5.75 Å². The SMILES string of the molecule is COc1ccc(C2C(C(=O)c3cc(C)oc3C)C(c3ccccc3)N(C(=O)C3CCCC3)C2C(=O)O)cc1. The Labute approximate surface area is 222 Å². The highest BCUT2D eigenvalue weighted by Crippen LogP contribution is 2.52. The number of Topliss-reactive ketones (excluding diaryl/α,β-unsaturated/α-hetero) is 1. The summed E-state index contributed by atoms with van der Waals surface area (Å²) in [6, 6.07) is 16.3. The van der Waals surface area contributed by atoms with Crippen LogP contribution in [-0.4, -0.2) is 40.8 Å². The molecular formula is C31H33NO6. The second-order valence-corrected chi connectivity index (χ2v) is 10.4. The van der Waals surface area contributed by atoms with E-state index in [1.807, 2.05) is 30.3 Å². The zero-order valence-electron chi connectivity index (χ0n) is 21.9. The van der Waals surface area contributed by atoms with Crippen molar-refractivity contribution in [2.75, 3.05) is 7.11 Å². The third-order valence-electron chi connectivity index (χ3n) is 8.13. The van der Waals surface area contributed by atoms with Crippen molar-refractivity contribution in [3.8, 4) is 5.75 Å². The van der Waals surface area contributed by atoms with Gasteiger partial charge in [-0.25, -0.2) is 4.79 Å². The Kier molecular flexibility index (Phi) is 7.11.